The quantitative estimate of drug-likeness (QED) is 0.767. The van der Waals surface area contributed by atoms with Gasteiger partial charge in [0.25, 0.3) is 11.8 Å². The van der Waals surface area contributed by atoms with Gasteiger partial charge in [-0.05, 0) is 47.2 Å². The Morgan fingerprint density at radius 3 is 2.58 bits per heavy atom. The highest BCUT2D eigenvalue weighted by Gasteiger charge is 2.15. The highest BCUT2D eigenvalue weighted by Crippen LogP contribution is 2.15. The first-order valence-corrected chi connectivity index (χ1v) is 8.41. The largest absolute Gasteiger partial charge is 0.497 e. The Hall–Kier alpha value is -2.78. The fourth-order valence-corrected chi connectivity index (χ4v) is 3.35. The van der Waals surface area contributed by atoms with Crippen LogP contribution in [-0.2, 0) is 0 Å². The normalized spacial score (nSPS) is 11.5. The van der Waals surface area contributed by atoms with Gasteiger partial charge in [0.05, 0.1) is 17.7 Å². The van der Waals surface area contributed by atoms with Crippen LogP contribution in [-0.4, -0.2) is 28.1 Å². The molecule has 0 atom stereocenters. The molecule has 2 aromatic heterocycles. The van der Waals surface area contributed by atoms with Gasteiger partial charge in [0.2, 0.25) is 0 Å². The van der Waals surface area contributed by atoms with Crippen molar-refractivity contribution >= 4 is 34.7 Å². The zero-order valence-corrected chi connectivity index (χ0v) is 14.1. The number of ether oxygens (including phenoxy) is 1. The standard InChI is InChI=1S/C15H12N4O3S2/c1-22-10-6-4-9(5-7-10)19-18-12(13(16)20)15(24-19)17-14(21)11-3-2-8-23-11/h2-8H,1H3,(H2,16,20). The van der Waals surface area contributed by atoms with Crippen LogP contribution in [0.4, 0.5) is 0 Å². The molecule has 2 N–H and O–H groups in total. The highest BCUT2D eigenvalue weighted by molar-refractivity contribution is 7.12. The second-order valence-corrected chi connectivity index (χ2v) is 6.44. The molecule has 0 aliphatic carbocycles. The molecule has 0 bridgehead atoms. The fraction of sp³-hybridized carbons (Fsp3) is 0.0667. The summed E-state index contributed by atoms with van der Waals surface area (Å²) in [4.78, 5) is 28.2. The maximum atomic E-state index is 12.1. The van der Waals surface area contributed by atoms with Gasteiger partial charge in [0.15, 0.2) is 10.4 Å². The van der Waals surface area contributed by atoms with Crippen molar-refractivity contribution < 1.29 is 14.3 Å². The summed E-state index contributed by atoms with van der Waals surface area (Å²) in [6.45, 7) is 0. The number of nitrogens with zero attached hydrogens (tertiary/aromatic N) is 3. The SMILES string of the molecule is COc1ccc(-n2nc(C(N)=O)c(=NC(=O)c3cccs3)s2)cc1. The minimum Gasteiger partial charge on any atom is -0.497 e. The van der Waals surface area contributed by atoms with Gasteiger partial charge in [-0.2, -0.15) is 9.06 Å². The Morgan fingerprint density at radius 1 is 1.25 bits per heavy atom. The van der Waals surface area contributed by atoms with Gasteiger partial charge in [-0.25, -0.2) is 0 Å². The van der Waals surface area contributed by atoms with Crippen LogP contribution in [0.15, 0.2) is 46.8 Å². The van der Waals surface area contributed by atoms with E-state index < -0.39 is 11.8 Å². The molecule has 9 heteroatoms. The number of hydrogen-bond donors (Lipinski definition) is 1. The van der Waals surface area contributed by atoms with E-state index in [1.54, 1.807) is 48.9 Å². The van der Waals surface area contributed by atoms with Crippen LogP contribution in [0.5, 0.6) is 5.75 Å². The lowest BCUT2D eigenvalue weighted by Crippen LogP contribution is -2.20. The molecule has 2 heterocycles. The minimum atomic E-state index is -0.740. The zero-order chi connectivity index (χ0) is 17.1. The van der Waals surface area contributed by atoms with Crippen molar-refractivity contribution in [2.45, 2.75) is 0 Å². The van der Waals surface area contributed by atoms with Crippen molar-refractivity contribution in [2.75, 3.05) is 7.11 Å². The molecule has 3 rings (SSSR count). The number of methoxy groups -OCH3 is 1. The highest BCUT2D eigenvalue weighted by atomic mass is 32.1. The smallest absolute Gasteiger partial charge is 0.288 e. The molecule has 3 aromatic rings. The molecule has 1 aromatic carbocycles. The van der Waals surface area contributed by atoms with Gasteiger partial charge in [-0.15, -0.1) is 16.4 Å². The third-order valence-electron chi connectivity index (χ3n) is 3.03. The first-order valence-electron chi connectivity index (χ1n) is 6.76. The molecule has 0 spiro atoms. The van der Waals surface area contributed by atoms with Crippen molar-refractivity contribution in [2.24, 2.45) is 10.7 Å². The summed E-state index contributed by atoms with van der Waals surface area (Å²) in [5.74, 6) is -0.474. The predicted octanol–water partition coefficient (Wildman–Crippen LogP) is 1.84. The number of amides is 2. The molecule has 0 unspecified atom stereocenters. The maximum Gasteiger partial charge on any atom is 0.288 e. The zero-order valence-electron chi connectivity index (χ0n) is 12.5. The van der Waals surface area contributed by atoms with E-state index in [-0.39, 0.29) is 10.4 Å². The van der Waals surface area contributed by atoms with E-state index in [1.165, 1.54) is 15.4 Å². The van der Waals surface area contributed by atoms with Gasteiger partial charge in [-0.3, -0.25) is 9.59 Å². The molecule has 0 fully saturated rings. The number of hydrogen-bond acceptors (Lipinski definition) is 6. The summed E-state index contributed by atoms with van der Waals surface area (Å²) >= 11 is 2.34. The number of primary amides is 1. The number of carbonyl (C=O) groups excluding carboxylic acids is 2. The summed E-state index contributed by atoms with van der Waals surface area (Å²) in [5, 5.41) is 5.93. The maximum absolute atomic E-state index is 12.1. The lowest BCUT2D eigenvalue weighted by atomic mass is 10.3. The Labute approximate surface area is 144 Å². The van der Waals surface area contributed by atoms with Crippen LogP contribution in [0.1, 0.15) is 20.2 Å². The van der Waals surface area contributed by atoms with Crippen molar-refractivity contribution in [3.63, 3.8) is 0 Å². The van der Waals surface area contributed by atoms with Gasteiger partial charge in [-0.1, -0.05) is 6.07 Å². The number of rotatable bonds is 4. The van der Waals surface area contributed by atoms with Crippen LogP contribution in [0.2, 0.25) is 0 Å². The lowest BCUT2D eigenvalue weighted by molar-refractivity contribution is 0.0994. The summed E-state index contributed by atoms with van der Waals surface area (Å²) in [7, 11) is 1.57. The van der Waals surface area contributed by atoms with Gasteiger partial charge < -0.3 is 10.5 Å². The van der Waals surface area contributed by atoms with Crippen LogP contribution in [0, 0.1) is 0 Å². The van der Waals surface area contributed by atoms with E-state index in [1.807, 2.05) is 0 Å². The Kier molecular flexibility index (Phi) is 4.54. The summed E-state index contributed by atoms with van der Waals surface area (Å²) in [6.07, 6.45) is 0. The van der Waals surface area contributed by atoms with E-state index in [4.69, 9.17) is 10.5 Å². The van der Waals surface area contributed by atoms with Gasteiger partial charge in [0, 0.05) is 0 Å². The second kappa shape index (κ2) is 6.77. The van der Waals surface area contributed by atoms with E-state index in [0.29, 0.717) is 16.3 Å². The topological polar surface area (TPSA) is 99.6 Å². The third kappa shape index (κ3) is 3.26. The van der Waals surface area contributed by atoms with Crippen molar-refractivity contribution in [1.82, 2.24) is 9.17 Å². The third-order valence-corrected chi connectivity index (χ3v) is 4.81. The van der Waals surface area contributed by atoms with Crippen molar-refractivity contribution in [3.05, 3.63) is 57.0 Å². The monoisotopic (exact) mass is 360 g/mol. The van der Waals surface area contributed by atoms with E-state index >= 15 is 0 Å². The predicted molar refractivity (Wildman–Crippen MR) is 90.7 cm³/mol. The number of benzene rings is 1. The van der Waals surface area contributed by atoms with Crippen molar-refractivity contribution in [1.29, 1.82) is 0 Å². The second-order valence-electron chi connectivity index (χ2n) is 4.57. The molecule has 122 valence electrons. The first-order chi connectivity index (χ1) is 11.6. The number of carbonyl (C=O) groups is 2. The molecule has 24 heavy (non-hydrogen) atoms. The average Bonchev–Trinajstić information content (AvgIpc) is 3.24. The number of aromatic nitrogens is 2. The first kappa shape index (κ1) is 16.1. The number of thiophene rings is 1. The molecule has 0 aliphatic heterocycles. The Balaban J connectivity index is 2.04. The molecule has 0 saturated carbocycles. The van der Waals surface area contributed by atoms with Crippen LogP contribution < -0.4 is 15.1 Å². The van der Waals surface area contributed by atoms with Crippen LogP contribution >= 0.6 is 22.9 Å². The van der Waals surface area contributed by atoms with Gasteiger partial charge >= 0.3 is 0 Å². The average molecular weight is 360 g/mol. The van der Waals surface area contributed by atoms with Gasteiger partial charge in [0.1, 0.15) is 5.75 Å². The molecule has 0 saturated heterocycles. The van der Waals surface area contributed by atoms with E-state index in [2.05, 4.69) is 10.1 Å². The van der Waals surface area contributed by atoms with Crippen molar-refractivity contribution in [3.8, 4) is 11.4 Å². The molecular formula is C15H12N4O3S2. The Morgan fingerprint density at radius 2 is 2.00 bits per heavy atom. The molecule has 0 radical (unpaired) electrons. The fourth-order valence-electron chi connectivity index (χ4n) is 1.87. The molecule has 2 amide bonds. The number of nitrogens with two attached hydrogens (primary N) is 1. The van der Waals surface area contributed by atoms with E-state index in [0.717, 1.165) is 11.5 Å². The summed E-state index contributed by atoms with van der Waals surface area (Å²) in [6, 6.07) is 10.5. The lowest BCUT2D eigenvalue weighted by Gasteiger charge is -2.01. The minimum absolute atomic E-state index is 0.0410. The molecule has 0 aliphatic rings. The molecule has 7 nitrogen and oxygen atoms in total. The Bertz CT molecular complexity index is 940. The summed E-state index contributed by atoms with van der Waals surface area (Å²) in [5.41, 5.74) is 6.01. The van der Waals surface area contributed by atoms with Crippen LogP contribution in [0.3, 0.4) is 0 Å². The summed E-state index contributed by atoms with van der Waals surface area (Å²) < 4.78 is 6.77. The van der Waals surface area contributed by atoms with E-state index in [9.17, 15) is 9.59 Å². The molecular weight excluding hydrogens is 348 g/mol. The van der Waals surface area contributed by atoms with Crippen LogP contribution in [0.25, 0.3) is 5.69 Å².